The molecule has 2 N–H and O–H groups in total. The van der Waals surface area contributed by atoms with Crippen LogP contribution in [-0.4, -0.2) is 47.9 Å². The first-order valence-corrected chi connectivity index (χ1v) is 8.36. The number of nitrogens with one attached hydrogen (secondary N) is 1. The van der Waals surface area contributed by atoms with Gasteiger partial charge in [-0.25, -0.2) is 9.97 Å². The number of hydrogen-bond donors (Lipinski definition) is 2. The number of aromatic nitrogens is 2. The zero-order valence-electron chi connectivity index (χ0n) is 14.0. The van der Waals surface area contributed by atoms with Gasteiger partial charge in [0.25, 0.3) is 0 Å². The Bertz CT molecular complexity index is 648. The van der Waals surface area contributed by atoms with Crippen LogP contribution in [0.4, 0.5) is 11.6 Å². The van der Waals surface area contributed by atoms with Crippen LogP contribution in [0.2, 0.25) is 0 Å². The lowest BCUT2D eigenvalue weighted by atomic mass is 10.1. The second kappa shape index (κ2) is 7.97. The fourth-order valence-electron chi connectivity index (χ4n) is 3.06. The number of anilines is 2. The molecule has 1 fully saturated rings. The van der Waals surface area contributed by atoms with Crippen molar-refractivity contribution in [2.75, 3.05) is 37.0 Å². The molecule has 24 heavy (non-hydrogen) atoms. The van der Waals surface area contributed by atoms with Gasteiger partial charge in [0, 0.05) is 19.2 Å². The van der Waals surface area contributed by atoms with Gasteiger partial charge in [-0.05, 0) is 37.0 Å². The van der Waals surface area contributed by atoms with Gasteiger partial charge in [-0.1, -0.05) is 12.1 Å². The summed E-state index contributed by atoms with van der Waals surface area (Å²) in [5, 5.41) is 12.8. The van der Waals surface area contributed by atoms with E-state index in [0.717, 1.165) is 49.7 Å². The molecule has 2 heterocycles. The van der Waals surface area contributed by atoms with Gasteiger partial charge < -0.3 is 20.1 Å². The van der Waals surface area contributed by atoms with Crippen LogP contribution in [0, 0.1) is 0 Å². The summed E-state index contributed by atoms with van der Waals surface area (Å²) in [4.78, 5) is 10.8. The second-order valence-electron chi connectivity index (χ2n) is 5.96. The van der Waals surface area contributed by atoms with Crippen LogP contribution in [0.5, 0.6) is 5.75 Å². The fraction of sp³-hybridized carbons (Fsp3) is 0.444. The van der Waals surface area contributed by atoms with Crippen molar-refractivity contribution in [3.05, 3.63) is 42.2 Å². The first-order chi connectivity index (χ1) is 11.8. The molecule has 1 unspecified atom stereocenters. The van der Waals surface area contributed by atoms with Crippen molar-refractivity contribution >= 4 is 11.6 Å². The molecule has 1 atom stereocenters. The molecule has 0 radical (unpaired) electrons. The van der Waals surface area contributed by atoms with E-state index in [1.807, 2.05) is 18.2 Å². The summed E-state index contributed by atoms with van der Waals surface area (Å²) in [6.45, 7) is 1.91. The molecule has 0 saturated carbocycles. The quantitative estimate of drug-likeness (QED) is 0.811. The molecule has 6 heteroatoms. The van der Waals surface area contributed by atoms with Gasteiger partial charge in [0.15, 0.2) is 0 Å². The van der Waals surface area contributed by atoms with Crippen molar-refractivity contribution in [2.24, 2.45) is 0 Å². The molecule has 128 valence electrons. The van der Waals surface area contributed by atoms with Crippen LogP contribution in [-0.2, 0) is 6.42 Å². The Hall–Kier alpha value is -2.34. The third kappa shape index (κ3) is 3.94. The lowest BCUT2D eigenvalue weighted by Crippen LogP contribution is -2.32. The Balaban J connectivity index is 1.56. The van der Waals surface area contributed by atoms with E-state index in [1.165, 1.54) is 5.56 Å². The zero-order valence-corrected chi connectivity index (χ0v) is 14.0. The summed E-state index contributed by atoms with van der Waals surface area (Å²) in [5.74, 6) is 2.57. The number of hydrogen-bond acceptors (Lipinski definition) is 6. The van der Waals surface area contributed by atoms with E-state index in [1.54, 1.807) is 13.4 Å². The van der Waals surface area contributed by atoms with E-state index in [9.17, 15) is 5.11 Å². The van der Waals surface area contributed by atoms with Crippen LogP contribution in [0.3, 0.4) is 0 Å². The topological polar surface area (TPSA) is 70.5 Å². The van der Waals surface area contributed by atoms with Gasteiger partial charge in [0.05, 0.1) is 19.8 Å². The molecular formula is C18H24N4O2. The Morgan fingerprint density at radius 2 is 2.12 bits per heavy atom. The summed E-state index contributed by atoms with van der Waals surface area (Å²) in [6.07, 6.45) is 4.60. The average Bonchev–Trinajstić information content (AvgIpc) is 3.11. The third-order valence-corrected chi connectivity index (χ3v) is 4.41. The zero-order chi connectivity index (χ0) is 16.8. The minimum Gasteiger partial charge on any atom is -0.497 e. The van der Waals surface area contributed by atoms with E-state index >= 15 is 0 Å². The van der Waals surface area contributed by atoms with E-state index in [2.05, 4.69) is 32.3 Å². The Labute approximate surface area is 142 Å². The van der Waals surface area contributed by atoms with Gasteiger partial charge in [-0.3, -0.25) is 0 Å². The maximum absolute atomic E-state index is 9.46. The molecule has 1 aromatic heterocycles. The fourth-order valence-corrected chi connectivity index (χ4v) is 3.06. The SMILES string of the molecule is COc1ccc(CCNc2cc(N3CCCC3CO)ncn2)cc1. The number of rotatable bonds is 7. The molecular weight excluding hydrogens is 304 g/mol. The summed E-state index contributed by atoms with van der Waals surface area (Å²) in [5.41, 5.74) is 1.25. The van der Waals surface area contributed by atoms with Crippen LogP contribution in [0.15, 0.2) is 36.7 Å². The van der Waals surface area contributed by atoms with Crippen LogP contribution >= 0.6 is 0 Å². The highest BCUT2D eigenvalue weighted by Crippen LogP contribution is 2.24. The van der Waals surface area contributed by atoms with E-state index in [-0.39, 0.29) is 12.6 Å². The number of nitrogens with zero attached hydrogens (tertiary/aromatic N) is 3. The summed E-state index contributed by atoms with van der Waals surface area (Å²) in [7, 11) is 1.67. The van der Waals surface area contributed by atoms with Gasteiger partial charge in [-0.2, -0.15) is 0 Å². The lowest BCUT2D eigenvalue weighted by Gasteiger charge is -2.24. The Morgan fingerprint density at radius 3 is 2.88 bits per heavy atom. The highest BCUT2D eigenvalue weighted by atomic mass is 16.5. The van der Waals surface area contributed by atoms with Gasteiger partial charge in [0.2, 0.25) is 0 Å². The third-order valence-electron chi connectivity index (χ3n) is 4.41. The van der Waals surface area contributed by atoms with Crippen LogP contribution in [0.25, 0.3) is 0 Å². The monoisotopic (exact) mass is 328 g/mol. The smallest absolute Gasteiger partial charge is 0.134 e. The largest absolute Gasteiger partial charge is 0.497 e. The Kier molecular flexibility index (Phi) is 5.48. The molecule has 1 saturated heterocycles. The van der Waals surface area contributed by atoms with Crippen molar-refractivity contribution in [1.29, 1.82) is 0 Å². The van der Waals surface area contributed by atoms with E-state index in [4.69, 9.17) is 4.74 Å². The van der Waals surface area contributed by atoms with Crippen LogP contribution in [0.1, 0.15) is 18.4 Å². The Morgan fingerprint density at radius 1 is 1.29 bits per heavy atom. The average molecular weight is 328 g/mol. The second-order valence-corrected chi connectivity index (χ2v) is 5.96. The summed E-state index contributed by atoms with van der Waals surface area (Å²) >= 11 is 0. The van der Waals surface area contributed by atoms with E-state index < -0.39 is 0 Å². The molecule has 0 amide bonds. The first-order valence-electron chi connectivity index (χ1n) is 8.36. The van der Waals surface area contributed by atoms with Crippen LogP contribution < -0.4 is 15.0 Å². The molecule has 6 nitrogen and oxygen atoms in total. The highest BCUT2D eigenvalue weighted by Gasteiger charge is 2.25. The van der Waals surface area contributed by atoms with Gasteiger partial charge >= 0.3 is 0 Å². The predicted molar refractivity (Wildman–Crippen MR) is 94.7 cm³/mol. The number of methoxy groups -OCH3 is 1. The van der Waals surface area contributed by atoms with Gasteiger partial charge in [-0.15, -0.1) is 0 Å². The first kappa shape index (κ1) is 16.5. The van der Waals surface area contributed by atoms with Crippen molar-refractivity contribution in [1.82, 2.24) is 9.97 Å². The molecule has 0 spiro atoms. The summed E-state index contributed by atoms with van der Waals surface area (Å²) in [6, 6.07) is 10.2. The van der Waals surface area contributed by atoms with E-state index in [0.29, 0.717) is 0 Å². The normalized spacial score (nSPS) is 17.1. The number of aliphatic hydroxyl groups is 1. The predicted octanol–water partition coefficient (Wildman–Crippen LogP) is 2.10. The molecule has 1 aromatic carbocycles. The van der Waals surface area contributed by atoms with Crippen molar-refractivity contribution in [3.63, 3.8) is 0 Å². The van der Waals surface area contributed by atoms with Gasteiger partial charge in [0.1, 0.15) is 23.7 Å². The highest BCUT2D eigenvalue weighted by molar-refractivity contribution is 5.50. The number of benzene rings is 1. The molecule has 1 aliphatic rings. The molecule has 3 rings (SSSR count). The lowest BCUT2D eigenvalue weighted by molar-refractivity contribution is 0.266. The van der Waals surface area contributed by atoms with Crippen molar-refractivity contribution in [2.45, 2.75) is 25.3 Å². The van der Waals surface area contributed by atoms with Crippen molar-refractivity contribution < 1.29 is 9.84 Å². The molecule has 0 bridgehead atoms. The number of ether oxygens (including phenoxy) is 1. The maximum atomic E-state index is 9.46. The minimum absolute atomic E-state index is 0.171. The van der Waals surface area contributed by atoms with Crippen molar-refractivity contribution in [3.8, 4) is 5.75 Å². The summed E-state index contributed by atoms with van der Waals surface area (Å²) < 4.78 is 5.17. The maximum Gasteiger partial charge on any atom is 0.134 e. The number of aliphatic hydroxyl groups excluding tert-OH is 1. The molecule has 0 aliphatic carbocycles. The molecule has 2 aromatic rings. The standard InChI is InChI=1S/C18H24N4O2/c1-24-16-6-4-14(5-7-16)8-9-19-17-11-18(21-13-20-17)22-10-2-3-15(22)12-23/h4-7,11,13,15,23H,2-3,8-10,12H2,1H3,(H,19,20,21). The molecule has 1 aliphatic heterocycles. The minimum atomic E-state index is 0.171.